The molecule has 4 nitrogen and oxygen atoms in total. The highest BCUT2D eigenvalue weighted by Gasteiger charge is 1.99. The standard InChI is InChI=1S/C10H9NO3/c1-13-5-4-7-2-3-8-9(6-7)14-10(12)11-8/h2-6H,1H3,(H,11,12). The number of oxazole rings is 1. The van der Waals surface area contributed by atoms with Gasteiger partial charge in [-0.2, -0.15) is 0 Å². The topological polar surface area (TPSA) is 55.2 Å². The number of hydrogen-bond acceptors (Lipinski definition) is 3. The number of H-pyrrole nitrogens is 1. The first kappa shape index (κ1) is 8.62. The van der Waals surface area contributed by atoms with Crippen LogP contribution in [-0.2, 0) is 4.74 Å². The van der Waals surface area contributed by atoms with Gasteiger partial charge in [-0.25, -0.2) is 4.79 Å². The molecule has 0 saturated carbocycles. The number of aromatic nitrogens is 1. The van der Waals surface area contributed by atoms with Crippen LogP contribution in [0.2, 0.25) is 0 Å². The Morgan fingerprint density at radius 3 is 3.14 bits per heavy atom. The Morgan fingerprint density at radius 2 is 2.36 bits per heavy atom. The molecule has 0 radical (unpaired) electrons. The second kappa shape index (κ2) is 3.41. The maximum Gasteiger partial charge on any atom is 0.417 e. The summed E-state index contributed by atoms with van der Waals surface area (Å²) in [5.41, 5.74) is 2.17. The van der Waals surface area contributed by atoms with E-state index in [-0.39, 0.29) is 0 Å². The molecule has 0 spiro atoms. The van der Waals surface area contributed by atoms with Crippen LogP contribution in [-0.4, -0.2) is 12.1 Å². The summed E-state index contributed by atoms with van der Waals surface area (Å²) in [5, 5.41) is 0. The molecule has 1 heterocycles. The van der Waals surface area contributed by atoms with Crippen molar-refractivity contribution in [3.05, 3.63) is 40.6 Å². The van der Waals surface area contributed by atoms with E-state index >= 15 is 0 Å². The summed E-state index contributed by atoms with van der Waals surface area (Å²) < 4.78 is 9.69. The second-order valence-corrected chi connectivity index (χ2v) is 2.81. The maximum atomic E-state index is 10.8. The van der Waals surface area contributed by atoms with Gasteiger partial charge in [0, 0.05) is 0 Å². The third kappa shape index (κ3) is 1.54. The average Bonchev–Trinajstić information content (AvgIpc) is 2.54. The molecule has 0 saturated heterocycles. The Labute approximate surface area is 79.8 Å². The predicted molar refractivity (Wildman–Crippen MR) is 52.9 cm³/mol. The van der Waals surface area contributed by atoms with Crippen molar-refractivity contribution in [3.8, 4) is 0 Å². The molecular weight excluding hydrogens is 182 g/mol. The van der Waals surface area contributed by atoms with Gasteiger partial charge in [0.1, 0.15) is 0 Å². The Morgan fingerprint density at radius 1 is 1.50 bits per heavy atom. The second-order valence-electron chi connectivity index (χ2n) is 2.81. The predicted octanol–water partition coefficient (Wildman–Crippen LogP) is 1.74. The molecule has 0 fully saturated rings. The molecule has 0 unspecified atom stereocenters. The van der Waals surface area contributed by atoms with Crippen LogP contribution in [0.4, 0.5) is 0 Å². The number of fused-ring (bicyclic) bond motifs is 1. The van der Waals surface area contributed by atoms with E-state index < -0.39 is 5.76 Å². The van der Waals surface area contributed by atoms with E-state index in [1.54, 1.807) is 31.6 Å². The van der Waals surface area contributed by atoms with Gasteiger partial charge >= 0.3 is 5.76 Å². The van der Waals surface area contributed by atoms with Crippen LogP contribution in [0.5, 0.6) is 0 Å². The van der Waals surface area contributed by atoms with Crippen molar-refractivity contribution in [2.24, 2.45) is 0 Å². The minimum absolute atomic E-state index is 0.437. The number of methoxy groups -OCH3 is 1. The van der Waals surface area contributed by atoms with Crippen molar-refractivity contribution < 1.29 is 9.15 Å². The van der Waals surface area contributed by atoms with Crippen molar-refractivity contribution >= 4 is 17.2 Å². The van der Waals surface area contributed by atoms with E-state index in [1.165, 1.54) is 0 Å². The number of hydrogen-bond donors (Lipinski definition) is 1. The van der Waals surface area contributed by atoms with Crippen LogP contribution in [0.15, 0.2) is 33.7 Å². The Hall–Kier alpha value is -1.97. The Bertz CT molecular complexity index is 521. The SMILES string of the molecule is COC=Cc1ccc2[nH]c(=O)oc2c1. The minimum Gasteiger partial charge on any atom is -0.504 e. The zero-order valence-corrected chi connectivity index (χ0v) is 7.61. The highest BCUT2D eigenvalue weighted by Crippen LogP contribution is 2.13. The molecule has 2 aromatic rings. The first-order valence-electron chi connectivity index (χ1n) is 4.12. The van der Waals surface area contributed by atoms with E-state index in [4.69, 9.17) is 9.15 Å². The summed E-state index contributed by atoms with van der Waals surface area (Å²) in [6, 6.07) is 5.42. The van der Waals surface area contributed by atoms with E-state index in [1.807, 2.05) is 6.07 Å². The third-order valence-corrected chi connectivity index (χ3v) is 1.84. The van der Waals surface area contributed by atoms with Gasteiger partial charge in [-0.15, -0.1) is 0 Å². The fourth-order valence-corrected chi connectivity index (χ4v) is 1.21. The van der Waals surface area contributed by atoms with Crippen molar-refractivity contribution in [1.82, 2.24) is 4.98 Å². The molecule has 1 N–H and O–H groups in total. The number of aromatic amines is 1. The first-order valence-corrected chi connectivity index (χ1v) is 4.12. The zero-order valence-electron chi connectivity index (χ0n) is 7.61. The van der Waals surface area contributed by atoms with Gasteiger partial charge in [-0.05, 0) is 23.8 Å². The molecule has 0 aliphatic carbocycles. The highest BCUT2D eigenvalue weighted by atomic mass is 16.5. The van der Waals surface area contributed by atoms with Gasteiger partial charge in [0.2, 0.25) is 0 Å². The van der Waals surface area contributed by atoms with E-state index in [2.05, 4.69) is 4.98 Å². The number of nitrogens with one attached hydrogen (secondary N) is 1. The summed E-state index contributed by atoms with van der Waals surface area (Å²) >= 11 is 0. The largest absolute Gasteiger partial charge is 0.504 e. The van der Waals surface area contributed by atoms with Crippen LogP contribution in [0, 0.1) is 0 Å². The maximum absolute atomic E-state index is 10.8. The number of benzene rings is 1. The van der Waals surface area contributed by atoms with Gasteiger partial charge in [0.25, 0.3) is 0 Å². The molecule has 1 aromatic heterocycles. The normalized spacial score (nSPS) is 11.2. The lowest BCUT2D eigenvalue weighted by Crippen LogP contribution is -1.92. The van der Waals surface area contributed by atoms with Gasteiger partial charge in [-0.3, -0.25) is 4.98 Å². The molecule has 72 valence electrons. The third-order valence-electron chi connectivity index (χ3n) is 1.84. The first-order chi connectivity index (χ1) is 6.79. The fourth-order valence-electron chi connectivity index (χ4n) is 1.21. The van der Waals surface area contributed by atoms with Gasteiger partial charge in [0.05, 0.1) is 18.9 Å². The number of rotatable bonds is 2. The molecule has 1 aromatic carbocycles. The monoisotopic (exact) mass is 191 g/mol. The van der Waals surface area contributed by atoms with Crippen LogP contribution >= 0.6 is 0 Å². The lowest BCUT2D eigenvalue weighted by molar-refractivity contribution is 0.341. The van der Waals surface area contributed by atoms with Crippen molar-refractivity contribution in [2.45, 2.75) is 0 Å². The van der Waals surface area contributed by atoms with Gasteiger partial charge in [-0.1, -0.05) is 6.07 Å². The van der Waals surface area contributed by atoms with E-state index in [0.717, 1.165) is 5.56 Å². The molecule has 0 atom stereocenters. The molecule has 14 heavy (non-hydrogen) atoms. The number of ether oxygens (including phenoxy) is 1. The summed E-state index contributed by atoms with van der Waals surface area (Å²) in [6.45, 7) is 0. The summed E-state index contributed by atoms with van der Waals surface area (Å²) in [5.74, 6) is -0.437. The van der Waals surface area contributed by atoms with Crippen LogP contribution in [0.25, 0.3) is 17.2 Å². The minimum atomic E-state index is -0.437. The molecule has 0 aliphatic heterocycles. The van der Waals surface area contributed by atoms with Crippen LogP contribution in [0.1, 0.15) is 5.56 Å². The molecule has 4 heteroatoms. The smallest absolute Gasteiger partial charge is 0.417 e. The van der Waals surface area contributed by atoms with Crippen molar-refractivity contribution in [1.29, 1.82) is 0 Å². The van der Waals surface area contributed by atoms with Crippen LogP contribution < -0.4 is 5.76 Å². The summed E-state index contributed by atoms with van der Waals surface area (Å²) in [4.78, 5) is 13.4. The Kier molecular flexibility index (Phi) is 2.10. The quantitative estimate of drug-likeness (QED) is 0.735. The molecular formula is C10H9NO3. The zero-order chi connectivity index (χ0) is 9.97. The lowest BCUT2D eigenvalue weighted by atomic mass is 10.2. The lowest BCUT2D eigenvalue weighted by Gasteiger charge is -1.92. The molecule has 0 bridgehead atoms. The molecule has 0 amide bonds. The average molecular weight is 191 g/mol. The van der Waals surface area contributed by atoms with Gasteiger partial charge < -0.3 is 9.15 Å². The highest BCUT2D eigenvalue weighted by molar-refractivity contribution is 5.75. The summed E-state index contributed by atoms with van der Waals surface area (Å²) in [7, 11) is 1.57. The molecule has 0 aliphatic rings. The van der Waals surface area contributed by atoms with Crippen molar-refractivity contribution in [2.75, 3.05) is 7.11 Å². The van der Waals surface area contributed by atoms with Crippen LogP contribution in [0.3, 0.4) is 0 Å². The van der Waals surface area contributed by atoms with E-state index in [0.29, 0.717) is 11.1 Å². The fraction of sp³-hybridized carbons (Fsp3) is 0.100. The van der Waals surface area contributed by atoms with Gasteiger partial charge in [0.15, 0.2) is 5.58 Å². The Balaban J connectivity index is 2.50. The van der Waals surface area contributed by atoms with Crippen molar-refractivity contribution in [3.63, 3.8) is 0 Å². The van der Waals surface area contributed by atoms with E-state index in [9.17, 15) is 4.79 Å². The summed E-state index contributed by atoms with van der Waals surface area (Å²) in [6.07, 6.45) is 3.35. The molecule has 2 rings (SSSR count).